The summed E-state index contributed by atoms with van der Waals surface area (Å²) in [4.78, 5) is 0. The zero-order valence-electron chi connectivity index (χ0n) is 15.0. The van der Waals surface area contributed by atoms with Crippen LogP contribution >= 0.6 is 24.0 Å². The van der Waals surface area contributed by atoms with Crippen molar-refractivity contribution in [1.29, 1.82) is 0 Å². The molecule has 2 aromatic rings. The molecular weight excluding hydrogens is 365 g/mol. The highest BCUT2D eigenvalue weighted by molar-refractivity contribution is 6.30. The van der Waals surface area contributed by atoms with Crippen molar-refractivity contribution in [3.8, 4) is 11.1 Å². The molecular formula is C22H27Cl2NO. The minimum atomic E-state index is 0. The van der Waals surface area contributed by atoms with Gasteiger partial charge in [-0.25, -0.2) is 0 Å². The molecule has 1 aliphatic carbocycles. The van der Waals surface area contributed by atoms with Crippen molar-refractivity contribution in [2.45, 2.75) is 37.6 Å². The van der Waals surface area contributed by atoms with Crippen LogP contribution in [0.5, 0.6) is 0 Å². The largest absolute Gasteiger partial charge is 0.381 e. The molecule has 0 aromatic heterocycles. The molecule has 1 saturated heterocycles. The van der Waals surface area contributed by atoms with Gasteiger partial charge in [0.25, 0.3) is 0 Å². The average molecular weight is 392 g/mol. The van der Waals surface area contributed by atoms with E-state index in [9.17, 15) is 0 Å². The van der Waals surface area contributed by atoms with Crippen LogP contribution in [0.15, 0.2) is 48.5 Å². The highest BCUT2D eigenvalue weighted by Crippen LogP contribution is 2.41. The smallest absolute Gasteiger partial charge is 0.0468 e. The number of ether oxygens (including phenoxy) is 1. The van der Waals surface area contributed by atoms with Crippen LogP contribution in [0.2, 0.25) is 5.02 Å². The number of hydrogen-bond acceptors (Lipinski definition) is 2. The summed E-state index contributed by atoms with van der Waals surface area (Å²) in [7, 11) is 0. The van der Waals surface area contributed by atoms with E-state index in [4.69, 9.17) is 16.3 Å². The molecule has 0 spiro atoms. The summed E-state index contributed by atoms with van der Waals surface area (Å²) in [6.07, 6.45) is 5.04. The first-order chi connectivity index (χ1) is 12.3. The molecule has 2 fully saturated rings. The Hall–Kier alpha value is -1.06. The SMILES string of the molecule is Cl.Clc1ccc(-c2ccc([C@@H]3C[C@H]3NCCC3CCOCC3)cc2)cc1. The predicted molar refractivity (Wildman–Crippen MR) is 111 cm³/mol. The van der Waals surface area contributed by atoms with Crippen molar-refractivity contribution in [3.63, 3.8) is 0 Å². The lowest BCUT2D eigenvalue weighted by Crippen LogP contribution is -2.24. The summed E-state index contributed by atoms with van der Waals surface area (Å²) >= 11 is 5.97. The summed E-state index contributed by atoms with van der Waals surface area (Å²) in [5.74, 6) is 1.55. The van der Waals surface area contributed by atoms with E-state index in [-0.39, 0.29) is 12.4 Å². The highest BCUT2D eigenvalue weighted by atomic mass is 35.5. The number of halogens is 2. The van der Waals surface area contributed by atoms with E-state index in [0.717, 1.165) is 30.7 Å². The fraction of sp³-hybridized carbons (Fsp3) is 0.455. The number of benzene rings is 2. The van der Waals surface area contributed by atoms with Gasteiger partial charge >= 0.3 is 0 Å². The quantitative estimate of drug-likeness (QED) is 0.682. The van der Waals surface area contributed by atoms with Crippen molar-refractivity contribution in [2.24, 2.45) is 5.92 Å². The van der Waals surface area contributed by atoms with E-state index >= 15 is 0 Å². The number of hydrogen-bond donors (Lipinski definition) is 1. The monoisotopic (exact) mass is 391 g/mol. The first-order valence-corrected chi connectivity index (χ1v) is 9.84. The van der Waals surface area contributed by atoms with Crippen molar-refractivity contribution < 1.29 is 4.74 Å². The molecule has 0 bridgehead atoms. The second-order valence-electron chi connectivity index (χ2n) is 7.38. The van der Waals surface area contributed by atoms with Crippen LogP contribution in [0, 0.1) is 5.92 Å². The van der Waals surface area contributed by atoms with E-state index < -0.39 is 0 Å². The Labute approximate surface area is 167 Å². The second-order valence-corrected chi connectivity index (χ2v) is 7.81. The molecule has 1 aliphatic heterocycles. The topological polar surface area (TPSA) is 21.3 Å². The minimum Gasteiger partial charge on any atom is -0.381 e. The van der Waals surface area contributed by atoms with Crippen LogP contribution in [-0.2, 0) is 4.74 Å². The molecule has 0 unspecified atom stereocenters. The zero-order chi connectivity index (χ0) is 17.1. The third kappa shape index (κ3) is 5.01. The standard InChI is InChI=1S/C22H26ClNO.ClH/c23-20-7-5-18(6-8-20)17-1-3-19(4-2-17)21-15-22(21)24-12-9-16-10-13-25-14-11-16;/h1-8,16,21-22,24H,9-15H2;1H/t21-,22+;/m0./s1. The molecule has 0 amide bonds. The fourth-order valence-corrected chi connectivity index (χ4v) is 3.99. The van der Waals surface area contributed by atoms with Crippen molar-refractivity contribution in [3.05, 3.63) is 59.1 Å². The Morgan fingerprint density at radius 1 is 0.923 bits per heavy atom. The molecule has 1 saturated carbocycles. The van der Waals surface area contributed by atoms with Crippen LogP contribution in [0.1, 0.15) is 37.2 Å². The van der Waals surface area contributed by atoms with Gasteiger partial charge in [0.05, 0.1) is 0 Å². The third-order valence-electron chi connectivity index (χ3n) is 5.61. The third-order valence-corrected chi connectivity index (χ3v) is 5.86. The molecule has 140 valence electrons. The summed E-state index contributed by atoms with van der Waals surface area (Å²) in [5, 5.41) is 4.53. The molecule has 0 radical (unpaired) electrons. The summed E-state index contributed by atoms with van der Waals surface area (Å²) in [6, 6.07) is 17.8. The highest BCUT2D eigenvalue weighted by Gasteiger charge is 2.37. The Morgan fingerprint density at radius 3 is 2.19 bits per heavy atom. The van der Waals surface area contributed by atoms with Gasteiger partial charge in [-0.15, -0.1) is 12.4 Å². The van der Waals surface area contributed by atoms with Gasteiger partial charge in [0.2, 0.25) is 0 Å². The van der Waals surface area contributed by atoms with Gasteiger partial charge in [-0.05, 0) is 67.0 Å². The first-order valence-electron chi connectivity index (χ1n) is 9.46. The van der Waals surface area contributed by atoms with Gasteiger partial charge in [0.15, 0.2) is 0 Å². The average Bonchev–Trinajstić information content (AvgIpc) is 3.43. The zero-order valence-corrected chi connectivity index (χ0v) is 16.6. The second kappa shape index (κ2) is 9.23. The molecule has 2 atom stereocenters. The Morgan fingerprint density at radius 2 is 1.54 bits per heavy atom. The first kappa shape index (κ1) is 19.7. The van der Waals surface area contributed by atoms with Crippen LogP contribution in [0.25, 0.3) is 11.1 Å². The van der Waals surface area contributed by atoms with Gasteiger partial charge in [-0.2, -0.15) is 0 Å². The molecule has 26 heavy (non-hydrogen) atoms. The lowest BCUT2D eigenvalue weighted by Gasteiger charge is -2.21. The minimum absolute atomic E-state index is 0. The Balaban J connectivity index is 0.00000196. The van der Waals surface area contributed by atoms with Gasteiger partial charge < -0.3 is 10.1 Å². The molecule has 4 heteroatoms. The summed E-state index contributed by atoms with van der Waals surface area (Å²) in [5.41, 5.74) is 3.93. The van der Waals surface area contributed by atoms with Crippen molar-refractivity contribution >= 4 is 24.0 Å². The molecule has 4 rings (SSSR count). The summed E-state index contributed by atoms with van der Waals surface area (Å²) < 4.78 is 5.43. The number of nitrogens with one attached hydrogen (secondary N) is 1. The van der Waals surface area contributed by atoms with Crippen LogP contribution < -0.4 is 5.32 Å². The maximum Gasteiger partial charge on any atom is 0.0468 e. The van der Waals surface area contributed by atoms with Crippen molar-refractivity contribution in [1.82, 2.24) is 5.32 Å². The lowest BCUT2D eigenvalue weighted by atomic mass is 9.97. The van der Waals surface area contributed by atoms with E-state index in [1.54, 1.807) is 0 Å². The molecule has 2 aliphatic rings. The van der Waals surface area contributed by atoms with Gasteiger partial charge in [0.1, 0.15) is 0 Å². The lowest BCUT2D eigenvalue weighted by molar-refractivity contribution is 0.0639. The molecule has 2 aromatic carbocycles. The molecule has 2 nitrogen and oxygen atoms in total. The Bertz CT molecular complexity index is 680. The fourth-order valence-electron chi connectivity index (χ4n) is 3.86. The van der Waals surface area contributed by atoms with Crippen LogP contribution in [-0.4, -0.2) is 25.8 Å². The van der Waals surface area contributed by atoms with Gasteiger partial charge in [0, 0.05) is 30.2 Å². The van der Waals surface area contributed by atoms with E-state index in [2.05, 4.69) is 41.7 Å². The van der Waals surface area contributed by atoms with Crippen molar-refractivity contribution in [2.75, 3.05) is 19.8 Å². The van der Waals surface area contributed by atoms with E-state index in [1.165, 1.54) is 42.4 Å². The predicted octanol–water partition coefficient (Wildman–Crippen LogP) is 5.69. The Kier molecular flexibility index (Phi) is 6.99. The molecule has 1 heterocycles. The van der Waals surface area contributed by atoms with Crippen LogP contribution in [0.4, 0.5) is 0 Å². The maximum absolute atomic E-state index is 5.97. The molecule has 1 N–H and O–H groups in total. The maximum atomic E-state index is 5.97. The van der Waals surface area contributed by atoms with E-state index in [1.807, 2.05) is 12.1 Å². The normalized spacial score (nSPS) is 22.7. The number of rotatable bonds is 6. The summed E-state index contributed by atoms with van der Waals surface area (Å²) in [6.45, 7) is 3.06. The van der Waals surface area contributed by atoms with Gasteiger partial charge in [-0.1, -0.05) is 48.0 Å². The van der Waals surface area contributed by atoms with E-state index in [0.29, 0.717) is 12.0 Å². The van der Waals surface area contributed by atoms with Gasteiger partial charge in [-0.3, -0.25) is 0 Å². The van der Waals surface area contributed by atoms with Crippen LogP contribution in [0.3, 0.4) is 0 Å².